The van der Waals surface area contributed by atoms with Crippen molar-refractivity contribution in [1.29, 1.82) is 0 Å². The van der Waals surface area contributed by atoms with Gasteiger partial charge < -0.3 is 9.88 Å². The number of aromatic nitrogens is 3. The maximum absolute atomic E-state index is 12.5. The van der Waals surface area contributed by atoms with Gasteiger partial charge in [-0.05, 0) is 38.5 Å². The fourth-order valence-corrected chi connectivity index (χ4v) is 4.49. The molecule has 0 spiro atoms. The second kappa shape index (κ2) is 7.69. The molecule has 3 atom stereocenters. The molecule has 2 heterocycles. The third-order valence-corrected chi connectivity index (χ3v) is 6.25. The molecule has 2 aliphatic rings. The number of nitrogens with zero attached hydrogens (tertiary/aromatic N) is 3. The topological polar surface area (TPSA) is 59.8 Å². The molecule has 0 aromatic carbocycles. The van der Waals surface area contributed by atoms with Gasteiger partial charge in [0.25, 0.3) is 0 Å². The fourth-order valence-electron chi connectivity index (χ4n) is 3.59. The molecular formula is C17H28N4OS. The Hall–Kier alpha value is -1.04. The molecule has 1 saturated carbocycles. The Morgan fingerprint density at radius 1 is 1.22 bits per heavy atom. The summed E-state index contributed by atoms with van der Waals surface area (Å²) in [4.78, 5) is 12.5. The van der Waals surface area contributed by atoms with Crippen LogP contribution in [0.5, 0.6) is 0 Å². The Labute approximate surface area is 143 Å². The van der Waals surface area contributed by atoms with Crippen LogP contribution >= 0.6 is 11.8 Å². The quantitative estimate of drug-likeness (QED) is 0.858. The highest BCUT2D eigenvalue weighted by Crippen LogP contribution is 2.27. The summed E-state index contributed by atoms with van der Waals surface area (Å²) in [5, 5.41) is 12.7. The van der Waals surface area contributed by atoms with Gasteiger partial charge in [0.15, 0.2) is 5.16 Å². The second-order valence-corrected chi connectivity index (χ2v) is 8.31. The molecular weight excluding hydrogens is 308 g/mol. The summed E-state index contributed by atoms with van der Waals surface area (Å²) in [5.41, 5.74) is 0. The molecule has 1 aliphatic carbocycles. The van der Waals surface area contributed by atoms with E-state index in [2.05, 4.69) is 27.0 Å². The number of fused-ring (bicyclic) bond motifs is 1. The van der Waals surface area contributed by atoms with Crippen LogP contribution in [0.4, 0.5) is 0 Å². The smallest absolute Gasteiger partial charge is 0.233 e. The first-order chi connectivity index (χ1) is 11.1. The van der Waals surface area contributed by atoms with Crippen molar-refractivity contribution in [2.45, 2.75) is 88.2 Å². The second-order valence-electron chi connectivity index (χ2n) is 7.00. The van der Waals surface area contributed by atoms with E-state index >= 15 is 0 Å². The van der Waals surface area contributed by atoms with E-state index in [0.29, 0.717) is 12.0 Å². The summed E-state index contributed by atoms with van der Waals surface area (Å²) >= 11 is 1.55. The molecule has 0 saturated heterocycles. The average molecular weight is 337 g/mol. The number of rotatable bonds is 4. The zero-order chi connectivity index (χ0) is 16.2. The van der Waals surface area contributed by atoms with Gasteiger partial charge in [-0.2, -0.15) is 0 Å². The number of aryl methyl sites for hydroxylation is 1. The van der Waals surface area contributed by atoms with Crippen molar-refractivity contribution in [2.75, 3.05) is 0 Å². The highest BCUT2D eigenvalue weighted by Gasteiger charge is 2.26. The Morgan fingerprint density at radius 3 is 2.87 bits per heavy atom. The maximum Gasteiger partial charge on any atom is 0.233 e. The molecule has 0 unspecified atom stereocenters. The summed E-state index contributed by atoms with van der Waals surface area (Å²) < 4.78 is 2.21. The molecule has 0 radical (unpaired) electrons. The standard InChI is InChI=1S/C17H28N4OS/c1-12-8-5-6-9-14(12)18-16(22)13(2)23-17-20-19-15-10-4-3-7-11-21(15)17/h12-14H,3-11H2,1-2H3,(H,18,22)/t12-,13+,14-/m0/s1. The van der Waals surface area contributed by atoms with Gasteiger partial charge >= 0.3 is 0 Å². The molecule has 23 heavy (non-hydrogen) atoms. The van der Waals surface area contributed by atoms with Gasteiger partial charge in [-0.3, -0.25) is 4.79 Å². The third kappa shape index (κ3) is 4.08. The van der Waals surface area contributed by atoms with Crippen molar-refractivity contribution >= 4 is 17.7 Å². The molecule has 1 fully saturated rings. The molecule has 1 N–H and O–H groups in total. The highest BCUT2D eigenvalue weighted by molar-refractivity contribution is 8.00. The molecule has 3 rings (SSSR count). The normalized spacial score (nSPS) is 26.2. The van der Waals surface area contributed by atoms with Crippen LogP contribution in [0.2, 0.25) is 0 Å². The van der Waals surface area contributed by atoms with Crippen LogP contribution in [-0.4, -0.2) is 32.0 Å². The number of thioether (sulfide) groups is 1. The number of amides is 1. The van der Waals surface area contributed by atoms with Gasteiger partial charge in [0.1, 0.15) is 5.82 Å². The first-order valence-corrected chi connectivity index (χ1v) is 9.92. The molecule has 1 aliphatic heterocycles. The molecule has 128 valence electrons. The van der Waals surface area contributed by atoms with Gasteiger partial charge in [-0.25, -0.2) is 0 Å². The predicted molar refractivity (Wildman–Crippen MR) is 92.5 cm³/mol. The predicted octanol–water partition coefficient (Wildman–Crippen LogP) is 3.18. The minimum atomic E-state index is -0.124. The van der Waals surface area contributed by atoms with Crippen LogP contribution in [0, 0.1) is 5.92 Å². The van der Waals surface area contributed by atoms with Gasteiger partial charge in [0, 0.05) is 19.0 Å². The van der Waals surface area contributed by atoms with E-state index in [4.69, 9.17) is 0 Å². The van der Waals surface area contributed by atoms with E-state index in [9.17, 15) is 4.79 Å². The monoisotopic (exact) mass is 336 g/mol. The Balaban J connectivity index is 1.59. The largest absolute Gasteiger partial charge is 0.352 e. The summed E-state index contributed by atoms with van der Waals surface area (Å²) in [6.07, 6.45) is 9.50. The van der Waals surface area contributed by atoms with Gasteiger partial charge in [0.2, 0.25) is 5.91 Å². The number of carbonyl (C=O) groups is 1. The van der Waals surface area contributed by atoms with Crippen molar-refractivity contribution in [2.24, 2.45) is 5.92 Å². The van der Waals surface area contributed by atoms with Crippen molar-refractivity contribution < 1.29 is 4.79 Å². The Kier molecular flexibility index (Phi) is 5.62. The Bertz CT molecular complexity index is 545. The minimum absolute atomic E-state index is 0.124. The number of carbonyl (C=O) groups excluding carboxylic acids is 1. The molecule has 1 aromatic heterocycles. The SMILES string of the molecule is C[C@@H](Sc1nnc2n1CCCCC2)C(=O)N[C@H]1CCCC[C@@H]1C. The van der Waals surface area contributed by atoms with Crippen LogP contribution in [0.25, 0.3) is 0 Å². The zero-order valence-corrected chi connectivity index (χ0v) is 15.1. The van der Waals surface area contributed by atoms with Crippen LogP contribution in [-0.2, 0) is 17.8 Å². The van der Waals surface area contributed by atoms with Crippen LogP contribution in [0.3, 0.4) is 0 Å². The number of nitrogens with one attached hydrogen (secondary N) is 1. The van der Waals surface area contributed by atoms with Crippen molar-refractivity contribution in [3.63, 3.8) is 0 Å². The molecule has 5 nitrogen and oxygen atoms in total. The Morgan fingerprint density at radius 2 is 2.04 bits per heavy atom. The summed E-state index contributed by atoms with van der Waals surface area (Å²) in [6, 6.07) is 0.342. The van der Waals surface area contributed by atoms with E-state index in [1.54, 1.807) is 11.8 Å². The third-order valence-electron chi connectivity index (χ3n) is 5.17. The van der Waals surface area contributed by atoms with E-state index in [1.807, 2.05) is 6.92 Å². The highest BCUT2D eigenvalue weighted by atomic mass is 32.2. The molecule has 6 heteroatoms. The lowest BCUT2D eigenvalue weighted by atomic mass is 9.86. The maximum atomic E-state index is 12.5. The average Bonchev–Trinajstić information content (AvgIpc) is 2.77. The van der Waals surface area contributed by atoms with Gasteiger partial charge in [-0.1, -0.05) is 37.9 Å². The van der Waals surface area contributed by atoms with Crippen molar-refractivity contribution in [3.8, 4) is 0 Å². The molecule has 1 aromatic rings. The van der Waals surface area contributed by atoms with Gasteiger partial charge in [0.05, 0.1) is 5.25 Å². The van der Waals surface area contributed by atoms with Crippen LogP contribution in [0.1, 0.15) is 64.6 Å². The lowest BCUT2D eigenvalue weighted by Crippen LogP contribution is -2.44. The first-order valence-electron chi connectivity index (χ1n) is 9.04. The van der Waals surface area contributed by atoms with E-state index in [0.717, 1.165) is 30.4 Å². The lowest BCUT2D eigenvalue weighted by Gasteiger charge is -2.30. The number of hydrogen-bond acceptors (Lipinski definition) is 4. The summed E-state index contributed by atoms with van der Waals surface area (Å²) in [7, 11) is 0. The molecule has 1 amide bonds. The van der Waals surface area contributed by atoms with E-state index in [-0.39, 0.29) is 11.2 Å². The van der Waals surface area contributed by atoms with Gasteiger partial charge in [-0.15, -0.1) is 10.2 Å². The van der Waals surface area contributed by atoms with Crippen molar-refractivity contribution in [1.82, 2.24) is 20.1 Å². The van der Waals surface area contributed by atoms with Crippen molar-refractivity contribution in [3.05, 3.63) is 5.82 Å². The number of hydrogen-bond donors (Lipinski definition) is 1. The van der Waals surface area contributed by atoms with E-state index < -0.39 is 0 Å². The van der Waals surface area contributed by atoms with E-state index in [1.165, 1.54) is 38.5 Å². The first kappa shape index (κ1) is 16.8. The van der Waals surface area contributed by atoms with Crippen LogP contribution < -0.4 is 5.32 Å². The minimum Gasteiger partial charge on any atom is -0.352 e. The summed E-state index contributed by atoms with van der Waals surface area (Å²) in [6.45, 7) is 5.21. The molecule has 0 bridgehead atoms. The zero-order valence-electron chi connectivity index (χ0n) is 14.3. The lowest BCUT2D eigenvalue weighted by molar-refractivity contribution is -0.121. The fraction of sp³-hybridized carbons (Fsp3) is 0.824. The summed E-state index contributed by atoms with van der Waals surface area (Å²) in [5.74, 6) is 1.81. The van der Waals surface area contributed by atoms with Crippen LogP contribution in [0.15, 0.2) is 5.16 Å².